The molecule has 0 saturated carbocycles. The lowest BCUT2D eigenvalue weighted by Crippen LogP contribution is -2.22. The minimum absolute atomic E-state index is 0.122. The van der Waals surface area contributed by atoms with Crippen molar-refractivity contribution in [2.45, 2.75) is 13.1 Å². The molecule has 0 fully saturated rings. The monoisotopic (exact) mass is 375 g/mol. The summed E-state index contributed by atoms with van der Waals surface area (Å²) in [6.45, 7) is 1.57. The number of hydrogen-bond donors (Lipinski definition) is 0. The van der Waals surface area contributed by atoms with Gasteiger partial charge in [-0.15, -0.1) is 0 Å². The normalized spacial score (nSPS) is 11.8. The smallest absolute Gasteiger partial charge is 0.194 e. The van der Waals surface area contributed by atoms with Crippen LogP contribution in [0.4, 0.5) is 5.69 Å². The zero-order chi connectivity index (χ0) is 19.6. The van der Waals surface area contributed by atoms with Crippen molar-refractivity contribution in [3.8, 4) is 11.1 Å². The molecule has 0 N–H and O–H groups in total. The Kier molecular flexibility index (Phi) is 4.45. The molecule has 0 spiro atoms. The van der Waals surface area contributed by atoms with Crippen LogP contribution in [0.5, 0.6) is 0 Å². The molecule has 0 radical (unpaired) electrons. The number of fused-ring (bicyclic) bond motifs is 3. The zero-order valence-electron chi connectivity index (χ0n) is 16.1. The summed E-state index contributed by atoms with van der Waals surface area (Å²) in [5.41, 5.74) is 7.24. The van der Waals surface area contributed by atoms with Crippen LogP contribution >= 0.6 is 0 Å². The highest BCUT2D eigenvalue weighted by molar-refractivity contribution is 6.22. The molecule has 0 atom stereocenters. The Morgan fingerprint density at radius 2 is 1.03 bits per heavy atom. The fraction of sp³-hybridized carbons (Fsp3) is 0.0741. The van der Waals surface area contributed by atoms with Crippen LogP contribution in [0.25, 0.3) is 11.1 Å². The van der Waals surface area contributed by atoms with E-state index in [1.165, 1.54) is 11.1 Å². The van der Waals surface area contributed by atoms with Crippen LogP contribution in [0.1, 0.15) is 27.0 Å². The summed E-state index contributed by atoms with van der Waals surface area (Å²) in [5.74, 6) is 0.122. The lowest BCUT2D eigenvalue weighted by molar-refractivity contribution is 0.104. The molecule has 0 saturated heterocycles. The Morgan fingerprint density at radius 1 is 0.517 bits per heavy atom. The molecule has 0 bridgehead atoms. The van der Waals surface area contributed by atoms with E-state index in [2.05, 4.69) is 71.6 Å². The number of ketones is 1. The quantitative estimate of drug-likeness (QED) is 0.370. The van der Waals surface area contributed by atoms with Gasteiger partial charge in [-0.25, -0.2) is 0 Å². The van der Waals surface area contributed by atoms with Crippen LogP contribution in [0.15, 0.2) is 103 Å². The van der Waals surface area contributed by atoms with Crippen LogP contribution < -0.4 is 4.90 Å². The molecule has 1 aliphatic carbocycles. The second kappa shape index (κ2) is 7.40. The van der Waals surface area contributed by atoms with Crippen LogP contribution in [0, 0.1) is 0 Å². The molecule has 1 aliphatic rings. The molecular weight excluding hydrogens is 354 g/mol. The Bertz CT molecular complexity index is 1120. The highest BCUT2D eigenvalue weighted by Gasteiger charge is 2.27. The van der Waals surface area contributed by atoms with Crippen molar-refractivity contribution in [2.75, 3.05) is 4.90 Å². The number of rotatable bonds is 5. The van der Waals surface area contributed by atoms with E-state index in [-0.39, 0.29) is 5.78 Å². The maximum atomic E-state index is 13.0. The first-order chi connectivity index (χ1) is 14.3. The van der Waals surface area contributed by atoms with E-state index in [0.717, 1.165) is 41.0 Å². The van der Waals surface area contributed by atoms with E-state index in [9.17, 15) is 4.79 Å². The highest BCUT2D eigenvalue weighted by Crippen LogP contribution is 2.38. The van der Waals surface area contributed by atoms with Crippen molar-refractivity contribution >= 4 is 11.5 Å². The SMILES string of the molecule is O=C1c2ccccc2-c2ccc(N(Cc3ccccc3)Cc3ccccc3)cc21. The minimum atomic E-state index is 0.122. The molecule has 2 nitrogen and oxygen atoms in total. The Hall–Kier alpha value is -3.65. The zero-order valence-corrected chi connectivity index (χ0v) is 16.1. The minimum Gasteiger partial charge on any atom is -0.363 e. The van der Waals surface area contributed by atoms with Crippen molar-refractivity contribution in [3.05, 3.63) is 125 Å². The average molecular weight is 375 g/mol. The third-order valence-electron chi connectivity index (χ3n) is 5.51. The molecule has 4 aromatic carbocycles. The van der Waals surface area contributed by atoms with Gasteiger partial charge >= 0.3 is 0 Å². The van der Waals surface area contributed by atoms with Gasteiger partial charge in [0.15, 0.2) is 5.78 Å². The van der Waals surface area contributed by atoms with Gasteiger partial charge in [0.25, 0.3) is 0 Å². The molecule has 0 amide bonds. The number of carbonyl (C=O) groups excluding carboxylic acids is 1. The van der Waals surface area contributed by atoms with Gasteiger partial charge in [-0.2, -0.15) is 0 Å². The second-order valence-corrected chi connectivity index (χ2v) is 7.43. The standard InChI is InChI=1S/C27H21NO/c29-27-25-14-8-7-13-23(25)24-16-15-22(17-26(24)27)28(18-20-9-3-1-4-10-20)19-21-11-5-2-6-12-21/h1-17H,18-19H2. The molecule has 4 aromatic rings. The van der Waals surface area contributed by atoms with Crippen molar-refractivity contribution < 1.29 is 4.79 Å². The maximum Gasteiger partial charge on any atom is 0.194 e. The summed E-state index contributed by atoms with van der Waals surface area (Å²) in [5, 5.41) is 0. The first-order valence-electron chi connectivity index (χ1n) is 9.90. The number of anilines is 1. The first-order valence-corrected chi connectivity index (χ1v) is 9.90. The van der Waals surface area contributed by atoms with Gasteiger partial charge in [-0.3, -0.25) is 4.79 Å². The van der Waals surface area contributed by atoms with Crippen LogP contribution in [0.2, 0.25) is 0 Å². The largest absolute Gasteiger partial charge is 0.363 e. The van der Waals surface area contributed by atoms with Crippen molar-refractivity contribution in [2.24, 2.45) is 0 Å². The van der Waals surface area contributed by atoms with Crippen molar-refractivity contribution in [1.29, 1.82) is 0 Å². The van der Waals surface area contributed by atoms with Crippen LogP contribution in [0.3, 0.4) is 0 Å². The second-order valence-electron chi connectivity index (χ2n) is 7.43. The molecular formula is C27H21NO. The van der Waals surface area contributed by atoms with E-state index in [4.69, 9.17) is 0 Å². The summed E-state index contributed by atoms with van der Waals surface area (Å²) in [6, 6.07) is 35.1. The van der Waals surface area contributed by atoms with Gasteiger partial charge in [0, 0.05) is 29.9 Å². The Balaban J connectivity index is 1.53. The van der Waals surface area contributed by atoms with E-state index >= 15 is 0 Å². The molecule has 0 aliphatic heterocycles. The molecule has 5 rings (SSSR count). The lowest BCUT2D eigenvalue weighted by atomic mass is 10.0. The number of hydrogen-bond acceptors (Lipinski definition) is 2. The lowest BCUT2D eigenvalue weighted by Gasteiger charge is -2.26. The van der Waals surface area contributed by atoms with E-state index in [1.807, 2.05) is 36.4 Å². The molecule has 0 aromatic heterocycles. The fourth-order valence-corrected chi connectivity index (χ4v) is 4.06. The fourth-order valence-electron chi connectivity index (χ4n) is 4.06. The summed E-state index contributed by atoms with van der Waals surface area (Å²) in [4.78, 5) is 15.3. The maximum absolute atomic E-state index is 13.0. The van der Waals surface area contributed by atoms with Gasteiger partial charge in [-0.1, -0.05) is 91.0 Å². The molecule has 2 heteroatoms. The number of benzene rings is 4. The van der Waals surface area contributed by atoms with Gasteiger partial charge in [0.1, 0.15) is 0 Å². The van der Waals surface area contributed by atoms with Gasteiger partial charge in [-0.05, 0) is 34.4 Å². The van der Waals surface area contributed by atoms with E-state index < -0.39 is 0 Å². The third-order valence-corrected chi connectivity index (χ3v) is 5.51. The Morgan fingerprint density at radius 3 is 1.66 bits per heavy atom. The molecule has 0 heterocycles. The van der Waals surface area contributed by atoms with Crippen molar-refractivity contribution in [1.82, 2.24) is 0 Å². The third kappa shape index (κ3) is 3.34. The van der Waals surface area contributed by atoms with Crippen molar-refractivity contribution in [3.63, 3.8) is 0 Å². The van der Waals surface area contributed by atoms with E-state index in [0.29, 0.717) is 0 Å². The Labute approximate surface area is 171 Å². The topological polar surface area (TPSA) is 20.3 Å². The predicted molar refractivity (Wildman–Crippen MR) is 118 cm³/mol. The summed E-state index contributed by atoms with van der Waals surface area (Å²) < 4.78 is 0. The molecule has 140 valence electrons. The van der Waals surface area contributed by atoms with Gasteiger partial charge in [0.05, 0.1) is 0 Å². The number of nitrogens with zero attached hydrogens (tertiary/aromatic N) is 1. The molecule has 0 unspecified atom stereocenters. The predicted octanol–water partition coefficient (Wildman–Crippen LogP) is 6.10. The van der Waals surface area contributed by atoms with Crippen LogP contribution in [-0.4, -0.2) is 5.78 Å². The summed E-state index contributed by atoms with van der Waals surface area (Å²) in [6.07, 6.45) is 0. The average Bonchev–Trinajstić information content (AvgIpc) is 3.07. The highest BCUT2D eigenvalue weighted by atomic mass is 16.1. The summed E-state index contributed by atoms with van der Waals surface area (Å²) >= 11 is 0. The van der Waals surface area contributed by atoms with Crippen LogP contribution in [-0.2, 0) is 13.1 Å². The van der Waals surface area contributed by atoms with Gasteiger partial charge < -0.3 is 4.90 Å². The summed E-state index contributed by atoms with van der Waals surface area (Å²) in [7, 11) is 0. The van der Waals surface area contributed by atoms with E-state index in [1.54, 1.807) is 0 Å². The molecule has 29 heavy (non-hydrogen) atoms. The first kappa shape index (κ1) is 17.4. The van der Waals surface area contributed by atoms with Gasteiger partial charge in [0.2, 0.25) is 0 Å². The number of carbonyl (C=O) groups is 1.